The topological polar surface area (TPSA) is 24.1 Å². The number of benzene rings is 1. The number of aromatic hydroxyl groups is 1. The van der Waals surface area contributed by atoms with Crippen LogP contribution in [-0.4, -0.2) is 5.11 Å². The Morgan fingerprint density at radius 1 is 0.882 bits per heavy atom. The molecule has 0 aliphatic carbocycles. The number of hydrogen-bond acceptors (Lipinski definition) is 1. The van der Waals surface area contributed by atoms with Gasteiger partial charge >= 0.3 is 0 Å². The molecule has 0 atom stereocenters. The zero-order chi connectivity index (χ0) is 11.9. The van der Waals surface area contributed by atoms with Crippen molar-refractivity contribution in [1.29, 1.82) is 0 Å². The van der Waals surface area contributed by atoms with Crippen molar-refractivity contribution < 1.29 is 9.67 Å². The number of nitrogens with zero attached hydrogens (tertiary/aromatic N) is 1. The summed E-state index contributed by atoms with van der Waals surface area (Å²) in [7, 11) is 0. The van der Waals surface area contributed by atoms with Crippen molar-refractivity contribution in [2.75, 3.05) is 0 Å². The van der Waals surface area contributed by atoms with Gasteiger partial charge in [0.2, 0.25) is 0 Å². The van der Waals surface area contributed by atoms with E-state index in [-0.39, 0.29) is 5.75 Å². The van der Waals surface area contributed by atoms with Gasteiger partial charge in [0.1, 0.15) is 5.75 Å². The van der Waals surface area contributed by atoms with Gasteiger partial charge in [0, 0.05) is 18.2 Å². The van der Waals surface area contributed by atoms with E-state index in [0.717, 1.165) is 5.56 Å². The minimum atomic E-state index is 0.289. The number of rotatable bonds is 3. The van der Waals surface area contributed by atoms with Gasteiger partial charge in [-0.25, -0.2) is 0 Å². The van der Waals surface area contributed by atoms with Gasteiger partial charge in [0.15, 0.2) is 18.6 Å². The highest BCUT2D eigenvalue weighted by molar-refractivity contribution is 5.52. The highest BCUT2D eigenvalue weighted by Crippen LogP contribution is 2.10. The molecule has 84 valence electrons. The summed E-state index contributed by atoms with van der Waals surface area (Å²) in [4.78, 5) is 0. The quantitative estimate of drug-likeness (QED) is 0.629. The zero-order valence-corrected chi connectivity index (χ0v) is 9.40. The molecule has 1 N–H and O–H groups in total. The van der Waals surface area contributed by atoms with E-state index >= 15 is 0 Å². The van der Waals surface area contributed by atoms with Crippen LogP contribution in [0, 0.1) is 0 Å². The minimum absolute atomic E-state index is 0.289. The molecule has 2 heteroatoms. The van der Waals surface area contributed by atoms with Crippen molar-refractivity contribution in [3.63, 3.8) is 0 Å². The predicted octanol–water partition coefficient (Wildman–Crippen LogP) is 2.86. The van der Waals surface area contributed by atoms with Gasteiger partial charge in [0.05, 0.1) is 0 Å². The molecular weight excluding hydrogens is 210 g/mol. The van der Waals surface area contributed by atoms with E-state index in [1.54, 1.807) is 12.1 Å². The fraction of sp³-hybridized carbons (Fsp3) is 0. The largest absolute Gasteiger partial charge is 0.508 e. The van der Waals surface area contributed by atoms with Crippen LogP contribution in [-0.2, 0) is 0 Å². The molecule has 0 aliphatic heterocycles. The molecule has 1 aromatic carbocycles. The lowest BCUT2D eigenvalue weighted by Crippen LogP contribution is -2.23. The first kappa shape index (κ1) is 11.1. The van der Waals surface area contributed by atoms with Crippen LogP contribution in [0.4, 0.5) is 0 Å². The minimum Gasteiger partial charge on any atom is -0.508 e. The summed E-state index contributed by atoms with van der Waals surface area (Å²) in [6.07, 6.45) is 11.8. The average Bonchev–Trinajstić information content (AvgIpc) is 2.38. The molecule has 0 bridgehead atoms. The molecule has 1 heterocycles. The molecule has 17 heavy (non-hydrogen) atoms. The summed E-state index contributed by atoms with van der Waals surface area (Å²) >= 11 is 0. The van der Waals surface area contributed by atoms with Crippen LogP contribution in [0.5, 0.6) is 5.75 Å². The molecule has 2 rings (SSSR count). The van der Waals surface area contributed by atoms with E-state index in [4.69, 9.17) is 5.11 Å². The van der Waals surface area contributed by atoms with Crippen LogP contribution in [0.2, 0.25) is 0 Å². The smallest absolute Gasteiger partial charge is 0.174 e. The van der Waals surface area contributed by atoms with Gasteiger partial charge < -0.3 is 5.11 Å². The maximum absolute atomic E-state index is 9.14. The van der Waals surface area contributed by atoms with Crippen molar-refractivity contribution in [3.05, 3.63) is 72.6 Å². The Hall–Kier alpha value is -2.35. The zero-order valence-electron chi connectivity index (χ0n) is 9.40. The second-order valence-electron chi connectivity index (χ2n) is 3.61. The third-order valence-electron chi connectivity index (χ3n) is 2.29. The molecule has 1 aromatic heterocycles. The first-order chi connectivity index (χ1) is 8.34. The lowest BCUT2D eigenvalue weighted by molar-refractivity contribution is -0.568. The molecule has 0 radical (unpaired) electrons. The normalized spacial score (nSPS) is 11.3. The lowest BCUT2D eigenvalue weighted by atomic mass is 10.2. The molecule has 0 amide bonds. The maximum atomic E-state index is 9.14. The summed E-state index contributed by atoms with van der Waals surface area (Å²) in [5.74, 6) is 0.289. The molecule has 0 saturated heterocycles. The van der Waals surface area contributed by atoms with Gasteiger partial charge in [-0.3, -0.25) is 0 Å². The Balaban J connectivity index is 1.98. The average molecular weight is 224 g/mol. The Morgan fingerprint density at radius 3 is 2.29 bits per heavy atom. The molecule has 0 saturated carbocycles. The van der Waals surface area contributed by atoms with Crippen LogP contribution in [0.25, 0.3) is 12.3 Å². The number of phenols is 1. The van der Waals surface area contributed by atoms with Crippen molar-refractivity contribution in [2.45, 2.75) is 0 Å². The van der Waals surface area contributed by atoms with E-state index < -0.39 is 0 Å². The van der Waals surface area contributed by atoms with Crippen LogP contribution < -0.4 is 4.57 Å². The second kappa shape index (κ2) is 5.66. The van der Waals surface area contributed by atoms with Crippen LogP contribution in [0.3, 0.4) is 0 Å². The predicted molar refractivity (Wildman–Crippen MR) is 69.1 cm³/mol. The highest BCUT2D eigenvalue weighted by atomic mass is 16.3. The Bertz CT molecular complexity index is 512. The molecular formula is C15H14NO+. The van der Waals surface area contributed by atoms with Crippen LogP contribution >= 0.6 is 0 Å². The van der Waals surface area contributed by atoms with E-state index in [1.807, 2.05) is 71.7 Å². The summed E-state index contributed by atoms with van der Waals surface area (Å²) < 4.78 is 1.97. The standard InChI is InChI=1S/C15H13NO/c17-15-9-7-14(8-10-15)6-2-5-13-16-11-3-1-4-12-16/h1-13H/p+1/b6-2+,13-5+. The van der Waals surface area contributed by atoms with Gasteiger partial charge in [-0.15, -0.1) is 0 Å². The monoisotopic (exact) mass is 224 g/mol. The number of pyridine rings is 1. The lowest BCUT2D eigenvalue weighted by Gasteiger charge is -1.92. The number of phenolic OH excluding ortho intramolecular Hbond substituents is 1. The SMILES string of the molecule is Oc1ccc(/C=C/C=C/[n+]2ccccc2)cc1. The third-order valence-corrected chi connectivity index (χ3v) is 2.29. The molecule has 2 nitrogen and oxygen atoms in total. The molecule has 0 fully saturated rings. The fourth-order valence-corrected chi connectivity index (χ4v) is 1.41. The fourth-order valence-electron chi connectivity index (χ4n) is 1.41. The Labute approximate surface area is 101 Å². The first-order valence-corrected chi connectivity index (χ1v) is 5.44. The van der Waals surface area contributed by atoms with E-state index in [2.05, 4.69) is 0 Å². The maximum Gasteiger partial charge on any atom is 0.174 e. The molecule has 0 spiro atoms. The summed E-state index contributed by atoms with van der Waals surface area (Å²) in [5.41, 5.74) is 1.06. The highest BCUT2D eigenvalue weighted by Gasteiger charge is 1.88. The Kier molecular flexibility index (Phi) is 3.71. The van der Waals surface area contributed by atoms with E-state index in [1.165, 1.54) is 0 Å². The Morgan fingerprint density at radius 2 is 1.59 bits per heavy atom. The van der Waals surface area contributed by atoms with Crippen molar-refractivity contribution in [1.82, 2.24) is 0 Å². The van der Waals surface area contributed by atoms with Crippen LogP contribution in [0.15, 0.2) is 67.0 Å². The number of hydrogen-bond donors (Lipinski definition) is 1. The van der Waals surface area contributed by atoms with Crippen molar-refractivity contribution in [3.8, 4) is 5.75 Å². The van der Waals surface area contributed by atoms with Crippen LogP contribution in [0.1, 0.15) is 5.56 Å². The van der Waals surface area contributed by atoms with Gasteiger partial charge in [-0.2, -0.15) is 4.57 Å². The summed E-state index contributed by atoms with van der Waals surface area (Å²) in [5, 5.41) is 9.14. The number of allylic oxidation sites excluding steroid dienone is 2. The van der Waals surface area contributed by atoms with E-state index in [0.29, 0.717) is 0 Å². The third kappa shape index (κ3) is 3.61. The molecule has 0 aliphatic rings. The van der Waals surface area contributed by atoms with Gasteiger partial charge in [-0.05, 0) is 17.7 Å². The second-order valence-corrected chi connectivity index (χ2v) is 3.61. The number of aromatic nitrogens is 1. The first-order valence-electron chi connectivity index (χ1n) is 5.44. The molecule has 2 aromatic rings. The van der Waals surface area contributed by atoms with Gasteiger partial charge in [0.25, 0.3) is 0 Å². The van der Waals surface area contributed by atoms with Gasteiger partial charge in [-0.1, -0.05) is 30.4 Å². The molecule has 0 unspecified atom stereocenters. The summed E-state index contributed by atoms with van der Waals surface area (Å²) in [6.45, 7) is 0. The van der Waals surface area contributed by atoms with Crippen molar-refractivity contribution in [2.24, 2.45) is 0 Å². The van der Waals surface area contributed by atoms with Crippen molar-refractivity contribution >= 4 is 12.3 Å². The van der Waals surface area contributed by atoms with E-state index in [9.17, 15) is 0 Å². The summed E-state index contributed by atoms with van der Waals surface area (Å²) in [6, 6.07) is 13.0.